The average Bonchev–Trinajstić information content (AvgIpc) is 3.63. The van der Waals surface area contributed by atoms with Gasteiger partial charge >= 0.3 is 11.9 Å². The Morgan fingerprint density at radius 3 is 1.48 bits per heavy atom. The summed E-state index contributed by atoms with van der Waals surface area (Å²) in [4.78, 5) is 58.0. The van der Waals surface area contributed by atoms with Crippen molar-refractivity contribution in [3.8, 4) is 0 Å². The van der Waals surface area contributed by atoms with E-state index >= 15 is 0 Å². The van der Waals surface area contributed by atoms with Crippen molar-refractivity contribution in [3.05, 3.63) is 17.8 Å². The van der Waals surface area contributed by atoms with Crippen molar-refractivity contribution < 1.29 is 29.4 Å². The lowest BCUT2D eigenvalue weighted by atomic mass is 9.71. The van der Waals surface area contributed by atoms with Crippen LogP contribution in [-0.2, 0) is 25.6 Å². The molecule has 0 unspecified atom stereocenters. The molecule has 0 aromatic carbocycles. The summed E-state index contributed by atoms with van der Waals surface area (Å²) in [5.41, 5.74) is -3.31. The SMILES string of the molecule is CCCCCCCCCCCC(=O)C1(C(=O)CCCCCCCCCCC)CN(c2[nH]ccc2CC)C(C(=O)O)(C(=O)O)C1. The first-order valence-corrected chi connectivity index (χ1v) is 17.7. The van der Waals surface area contributed by atoms with Crippen molar-refractivity contribution in [2.75, 3.05) is 11.4 Å². The van der Waals surface area contributed by atoms with Gasteiger partial charge in [-0.05, 0) is 30.9 Å². The third kappa shape index (κ3) is 9.93. The molecule has 0 amide bonds. The number of carbonyl (C=O) groups excluding carboxylic acids is 2. The van der Waals surface area contributed by atoms with Crippen molar-refractivity contribution in [2.24, 2.45) is 5.41 Å². The summed E-state index contributed by atoms with van der Waals surface area (Å²) >= 11 is 0. The fourth-order valence-corrected chi connectivity index (χ4v) is 6.87. The number of aliphatic carboxylic acids is 2. The number of carboxylic acids is 2. The predicted molar refractivity (Wildman–Crippen MR) is 176 cm³/mol. The van der Waals surface area contributed by atoms with Crippen molar-refractivity contribution in [3.63, 3.8) is 0 Å². The summed E-state index contributed by atoms with van der Waals surface area (Å²) in [6.45, 7) is 6.08. The van der Waals surface area contributed by atoms with Gasteiger partial charge < -0.3 is 20.1 Å². The Kier molecular flexibility index (Phi) is 16.8. The highest BCUT2D eigenvalue weighted by Gasteiger charge is 2.67. The first kappa shape index (κ1) is 37.5. The maximum absolute atomic E-state index is 14.0. The molecule has 0 radical (unpaired) electrons. The minimum atomic E-state index is -2.41. The minimum Gasteiger partial charge on any atom is -0.479 e. The van der Waals surface area contributed by atoms with Gasteiger partial charge in [0.1, 0.15) is 22.8 Å². The second-order valence-corrected chi connectivity index (χ2v) is 13.0. The molecule has 44 heavy (non-hydrogen) atoms. The second-order valence-electron chi connectivity index (χ2n) is 13.0. The van der Waals surface area contributed by atoms with E-state index in [-0.39, 0.29) is 31.0 Å². The number of hydrogen-bond donors (Lipinski definition) is 3. The lowest BCUT2D eigenvalue weighted by Crippen LogP contribution is -2.57. The number of unbranched alkanes of at least 4 members (excludes halogenated alkanes) is 16. The summed E-state index contributed by atoms with van der Waals surface area (Å²) in [5.74, 6) is -3.34. The molecule has 250 valence electrons. The molecule has 3 N–H and O–H groups in total. The van der Waals surface area contributed by atoms with Crippen LogP contribution in [0.15, 0.2) is 12.3 Å². The van der Waals surface area contributed by atoms with E-state index in [1.54, 1.807) is 12.3 Å². The molecule has 0 atom stereocenters. The van der Waals surface area contributed by atoms with Crippen LogP contribution in [-0.4, -0.2) is 50.8 Å². The van der Waals surface area contributed by atoms with Gasteiger partial charge in [0.2, 0.25) is 5.54 Å². The molecule has 1 aromatic rings. The molecule has 8 heteroatoms. The van der Waals surface area contributed by atoms with Crippen LogP contribution in [0, 0.1) is 5.41 Å². The van der Waals surface area contributed by atoms with E-state index in [0.717, 1.165) is 44.1 Å². The highest BCUT2D eigenvalue weighted by Crippen LogP contribution is 2.48. The Bertz CT molecular complexity index is 984. The Balaban J connectivity index is 2.19. The number of H-pyrrole nitrogens is 1. The summed E-state index contributed by atoms with van der Waals surface area (Å²) < 4.78 is 0. The number of ketones is 2. The lowest BCUT2D eigenvalue weighted by Gasteiger charge is -2.32. The number of hydrogen-bond acceptors (Lipinski definition) is 5. The first-order chi connectivity index (χ1) is 21.2. The molecule has 1 aromatic heterocycles. The van der Waals surface area contributed by atoms with Crippen LogP contribution in [0.2, 0.25) is 0 Å². The van der Waals surface area contributed by atoms with E-state index < -0.39 is 29.3 Å². The summed E-state index contributed by atoms with van der Waals surface area (Å²) in [7, 11) is 0. The molecule has 0 saturated carbocycles. The number of aryl methyl sites for hydroxylation is 1. The van der Waals surface area contributed by atoms with Gasteiger partial charge in [-0.3, -0.25) is 9.59 Å². The van der Waals surface area contributed by atoms with E-state index in [9.17, 15) is 29.4 Å². The average molecular weight is 617 g/mol. The lowest BCUT2D eigenvalue weighted by molar-refractivity contribution is -0.157. The van der Waals surface area contributed by atoms with Gasteiger partial charge in [-0.1, -0.05) is 124 Å². The number of nitrogens with one attached hydrogen (secondary N) is 1. The normalized spacial score (nSPS) is 15.5. The van der Waals surface area contributed by atoms with Crippen LogP contribution in [0.3, 0.4) is 0 Å². The zero-order valence-corrected chi connectivity index (χ0v) is 27.9. The topological polar surface area (TPSA) is 128 Å². The van der Waals surface area contributed by atoms with Crippen LogP contribution in [0.1, 0.15) is 161 Å². The smallest absolute Gasteiger partial charge is 0.341 e. The van der Waals surface area contributed by atoms with Crippen LogP contribution in [0.4, 0.5) is 5.82 Å². The van der Waals surface area contributed by atoms with Gasteiger partial charge in [-0.2, -0.15) is 0 Å². The molecule has 1 aliphatic heterocycles. The number of carboxylic acid groups (broad SMARTS) is 2. The first-order valence-electron chi connectivity index (χ1n) is 17.7. The third-order valence-corrected chi connectivity index (χ3v) is 9.70. The molecule has 2 rings (SSSR count). The predicted octanol–water partition coefficient (Wildman–Crippen LogP) is 8.66. The molecule has 0 spiro atoms. The summed E-state index contributed by atoms with van der Waals surface area (Å²) in [6, 6.07) is 1.79. The second kappa shape index (κ2) is 19.7. The van der Waals surface area contributed by atoms with Crippen LogP contribution in [0.25, 0.3) is 0 Å². The van der Waals surface area contributed by atoms with Crippen molar-refractivity contribution >= 4 is 29.3 Å². The Labute approximate surface area is 265 Å². The van der Waals surface area contributed by atoms with Gasteiger partial charge in [0, 0.05) is 32.0 Å². The van der Waals surface area contributed by atoms with E-state index in [0.29, 0.717) is 25.1 Å². The van der Waals surface area contributed by atoms with Gasteiger partial charge in [0.15, 0.2) is 0 Å². The van der Waals surface area contributed by atoms with E-state index in [1.165, 1.54) is 69.1 Å². The highest BCUT2D eigenvalue weighted by molar-refractivity contribution is 6.15. The molecule has 0 bridgehead atoms. The largest absolute Gasteiger partial charge is 0.479 e. The Morgan fingerprint density at radius 2 is 1.09 bits per heavy atom. The number of anilines is 1. The quantitative estimate of drug-likeness (QED) is 0.0702. The summed E-state index contributed by atoms with van der Waals surface area (Å²) in [6.07, 6.45) is 21.5. The Hall–Kier alpha value is -2.64. The monoisotopic (exact) mass is 616 g/mol. The number of aromatic amines is 1. The molecule has 1 fully saturated rings. The van der Waals surface area contributed by atoms with Crippen LogP contribution < -0.4 is 4.90 Å². The van der Waals surface area contributed by atoms with E-state index in [1.807, 2.05) is 6.92 Å². The number of aromatic nitrogens is 1. The maximum Gasteiger partial charge on any atom is 0.341 e. The van der Waals surface area contributed by atoms with Crippen molar-refractivity contribution in [1.82, 2.24) is 4.98 Å². The minimum absolute atomic E-state index is 0.161. The fourth-order valence-electron chi connectivity index (χ4n) is 6.87. The number of rotatable bonds is 26. The Morgan fingerprint density at radius 1 is 0.682 bits per heavy atom. The molecular weight excluding hydrogens is 556 g/mol. The molecule has 8 nitrogen and oxygen atoms in total. The third-order valence-electron chi connectivity index (χ3n) is 9.70. The molecule has 0 aliphatic carbocycles. The molecule has 2 heterocycles. The van der Waals surface area contributed by atoms with Gasteiger partial charge in [0.05, 0.1) is 0 Å². The van der Waals surface area contributed by atoms with Crippen LogP contribution in [0.5, 0.6) is 0 Å². The summed E-state index contributed by atoms with van der Waals surface area (Å²) in [5, 5.41) is 20.8. The van der Waals surface area contributed by atoms with Gasteiger partial charge in [-0.25, -0.2) is 9.59 Å². The fraction of sp³-hybridized carbons (Fsp3) is 0.778. The highest BCUT2D eigenvalue weighted by atomic mass is 16.4. The van der Waals surface area contributed by atoms with Crippen LogP contribution >= 0.6 is 0 Å². The number of Topliss-reactive ketones (excluding diaryl/α,β-unsaturated/α-hetero) is 2. The number of carbonyl (C=O) groups is 4. The van der Waals surface area contributed by atoms with Gasteiger partial charge in [-0.15, -0.1) is 0 Å². The van der Waals surface area contributed by atoms with E-state index in [4.69, 9.17) is 0 Å². The molecule has 1 saturated heterocycles. The zero-order valence-electron chi connectivity index (χ0n) is 27.9. The van der Waals surface area contributed by atoms with Crippen molar-refractivity contribution in [2.45, 2.75) is 168 Å². The zero-order chi connectivity index (χ0) is 32.4. The maximum atomic E-state index is 14.0. The van der Waals surface area contributed by atoms with Crippen molar-refractivity contribution in [1.29, 1.82) is 0 Å². The number of nitrogens with zero attached hydrogens (tertiary/aromatic N) is 1. The molecular formula is C36H60N2O6. The standard InChI is InChI=1S/C36H60N2O6/c1-4-7-9-11-13-15-17-19-21-23-30(39)35(31(40)24-22-20-18-16-14-12-10-8-5-2)27-36(33(41)42,34(43)44)38(28-35)32-29(6-3)25-26-37-32/h25-26,37H,4-24,27-28H2,1-3H3,(H,41,42)(H,43,44). The molecule has 1 aliphatic rings. The van der Waals surface area contributed by atoms with E-state index in [2.05, 4.69) is 18.8 Å². The van der Waals surface area contributed by atoms with Gasteiger partial charge in [0.25, 0.3) is 0 Å².